The highest BCUT2D eigenvalue weighted by molar-refractivity contribution is 7.89. The molecule has 4 heterocycles. The summed E-state index contributed by atoms with van der Waals surface area (Å²) in [4.78, 5) is 48.8. The summed E-state index contributed by atoms with van der Waals surface area (Å²) < 4.78 is 26.9. The molecule has 1 aromatic carbocycles. The fourth-order valence-corrected chi connectivity index (χ4v) is 5.98. The first-order valence-electron chi connectivity index (χ1n) is 14.0. The van der Waals surface area contributed by atoms with E-state index in [1.54, 1.807) is 17.7 Å². The minimum absolute atomic E-state index is 0.0303. The van der Waals surface area contributed by atoms with Crippen LogP contribution in [0.4, 0.5) is 17.5 Å². The summed E-state index contributed by atoms with van der Waals surface area (Å²) in [6.07, 6.45) is 0.881. The molecule has 1 aliphatic rings. The lowest BCUT2D eigenvalue weighted by Crippen LogP contribution is -2.48. The summed E-state index contributed by atoms with van der Waals surface area (Å²) in [5, 5.41) is 3.75. The lowest BCUT2D eigenvalue weighted by Gasteiger charge is -2.36. The number of sulfonamides is 1. The van der Waals surface area contributed by atoms with E-state index in [-0.39, 0.29) is 22.1 Å². The molecule has 44 heavy (non-hydrogen) atoms. The number of hydrogen-bond acceptors (Lipinski definition) is 11. The van der Waals surface area contributed by atoms with Crippen molar-refractivity contribution in [2.24, 2.45) is 7.05 Å². The molecule has 4 aromatic rings. The molecule has 1 amide bonds. The van der Waals surface area contributed by atoms with Crippen molar-refractivity contribution in [2.45, 2.75) is 33.7 Å². The zero-order valence-corrected chi connectivity index (χ0v) is 26.9. The summed E-state index contributed by atoms with van der Waals surface area (Å²) in [7, 11) is -2.11. The fourth-order valence-electron chi connectivity index (χ4n) is 5.40. The molecule has 232 valence electrons. The summed E-state index contributed by atoms with van der Waals surface area (Å²) in [5.41, 5.74) is 2.96. The van der Waals surface area contributed by atoms with E-state index < -0.39 is 22.0 Å². The molecule has 0 aliphatic carbocycles. The van der Waals surface area contributed by atoms with Gasteiger partial charge >= 0.3 is 0 Å². The normalized spacial score (nSPS) is 14.5. The van der Waals surface area contributed by atoms with E-state index in [1.807, 2.05) is 50.6 Å². The van der Waals surface area contributed by atoms with Gasteiger partial charge in [-0.25, -0.2) is 33.1 Å². The van der Waals surface area contributed by atoms with Crippen LogP contribution in [0, 0.1) is 20.8 Å². The third-order valence-corrected chi connectivity index (χ3v) is 8.13. The third kappa shape index (κ3) is 6.60. The van der Waals surface area contributed by atoms with Gasteiger partial charge < -0.3 is 15.1 Å². The average molecular weight is 640 g/mol. The van der Waals surface area contributed by atoms with Crippen LogP contribution in [0.25, 0.3) is 10.9 Å². The van der Waals surface area contributed by atoms with E-state index >= 15 is 0 Å². The van der Waals surface area contributed by atoms with E-state index in [4.69, 9.17) is 16.6 Å². The van der Waals surface area contributed by atoms with Gasteiger partial charge in [-0.05, 0) is 51.5 Å². The number of nitrogens with one attached hydrogen (secondary N) is 2. The van der Waals surface area contributed by atoms with Gasteiger partial charge in [-0.15, -0.1) is 0 Å². The van der Waals surface area contributed by atoms with Crippen molar-refractivity contribution in [2.75, 3.05) is 47.6 Å². The number of nitrogens with zero attached hydrogens (tertiary/aromatic N) is 7. The Morgan fingerprint density at radius 2 is 1.66 bits per heavy atom. The molecule has 1 saturated heterocycles. The van der Waals surface area contributed by atoms with Gasteiger partial charge in [0.1, 0.15) is 16.8 Å². The van der Waals surface area contributed by atoms with Gasteiger partial charge in [-0.3, -0.25) is 14.2 Å². The van der Waals surface area contributed by atoms with Gasteiger partial charge in [0.25, 0.3) is 11.5 Å². The summed E-state index contributed by atoms with van der Waals surface area (Å²) in [5.74, 6) is 1.24. The van der Waals surface area contributed by atoms with Crippen molar-refractivity contribution in [3.05, 3.63) is 74.2 Å². The molecule has 1 aliphatic heterocycles. The van der Waals surface area contributed by atoms with Gasteiger partial charge in [0.15, 0.2) is 5.69 Å². The van der Waals surface area contributed by atoms with Crippen LogP contribution < -0.4 is 25.4 Å². The van der Waals surface area contributed by atoms with Crippen LogP contribution in [0.1, 0.15) is 46.1 Å². The number of rotatable bonds is 7. The second kappa shape index (κ2) is 12.0. The first kappa shape index (κ1) is 31.1. The van der Waals surface area contributed by atoms with Gasteiger partial charge in [0.2, 0.25) is 16.0 Å². The predicted octanol–water partition coefficient (Wildman–Crippen LogP) is 2.89. The Kier molecular flexibility index (Phi) is 8.49. The first-order chi connectivity index (χ1) is 20.7. The van der Waals surface area contributed by atoms with E-state index in [2.05, 4.69) is 30.1 Å². The SMILES string of the molecule is Cc1cc([C@@H](C)Nc2ccc(Cl)nc2C(=O)NS(C)(=O)=O)c2nc(N3CCN(c4cc(C)nc(C)n4)CC3)n(C)c(=O)c2c1. The summed E-state index contributed by atoms with van der Waals surface area (Å²) in [6.45, 7) is 10.3. The maximum absolute atomic E-state index is 13.7. The highest BCUT2D eigenvalue weighted by atomic mass is 35.5. The number of fused-ring (bicyclic) bond motifs is 1. The zero-order chi connectivity index (χ0) is 31.9. The fraction of sp³-hybridized carbons (Fsp3) is 0.379. The van der Waals surface area contributed by atoms with Crippen LogP contribution in [-0.2, 0) is 17.1 Å². The van der Waals surface area contributed by atoms with E-state index in [0.717, 1.165) is 34.7 Å². The maximum Gasteiger partial charge on any atom is 0.285 e. The number of pyridine rings is 1. The Hall–Kier alpha value is -4.30. The van der Waals surface area contributed by atoms with Crippen molar-refractivity contribution < 1.29 is 13.2 Å². The molecule has 13 nitrogen and oxygen atoms in total. The standard InChI is InChI=1S/C29H34ClN9O4S/c1-16-13-20(18(3)32-22-7-8-23(30)34-26(22)27(40)36-44(6,42)43)25-21(14-16)28(41)37(5)29(35-25)39-11-9-38(10-12-39)24-15-17(2)31-19(4)33-24/h7-8,13-15,18,32H,9-12H2,1-6H3,(H,36,40)/t18-/m1/s1. The van der Waals surface area contributed by atoms with E-state index in [1.165, 1.54) is 6.07 Å². The number of piperazine rings is 1. The predicted molar refractivity (Wildman–Crippen MR) is 171 cm³/mol. The molecule has 0 radical (unpaired) electrons. The average Bonchev–Trinajstić information content (AvgIpc) is 2.94. The largest absolute Gasteiger partial charge is 0.377 e. The van der Waals surface area contributed by atoms with Crippen molar-refractivity contribution in [3.63, 3.8) is 0 Å². The molecule has 0 spiro atoms. The molecule has 3 aromatic heterocycles. The Labute approximate surface area is 260 Å². The van der Waals surface area contributed by atoms with Gasteiger partial charge in [0, 0.05) is 50.6 Å². The molecule has 1 fully saturated rings. The number of benzene rings is 1. The van der Waals surface area contributed by atoms with Crippen LogP contribution in [0.3, 0.4) is 0 Å². The number of halogens is 1. The highest BCUT2D eigenvalue weighted by Crippen LogP contribution is 2.29. The highest BCUT2D eigenvalue weighted by Gasteiger charge is 2.25. The number of aromatic nitrogens is 5. The van der Waals surface area contributed by atoms with Crippen LogP contribution >= 0.6 is 11.6 Å². The Morgan fingerprint density at radius 1 is 0.977 bits per heavy atom. The topological polar surface area (TPSA) is 155 Å². The minimum atomic E-state index is -3.84. The van der Waals surface area contributed by atoms with Crippen LogP contribution in [0.15, 0.2) is 35.1 Å². The quantitative estimate of drug-likeness (QED) is 0.287. The van der Waals surface area contributed by atoms with Gasteiger partial charge in [-0.1, -0.05) is 17.7 Å². The monoisotopic (exact) mass is 639 g/mol. The zero-order valence-electron chi connectivity index (χ0n) is 25.3. The van der Waals surface area contributed by atoms with E-state index in [0.29, 0.717) is 43.0 Å². The number of aryl methyl sites for hydroxylation is 3. The number of carbonyl (C=O) groups is 1. The lowest BCUT2D eigenvalue weighted by atomic mass is 10.0. The van der Waals surface area contributed by atoms with Gasteiger partial charge in [-0.2, -0.15) is 0 Å². The van der Waals surface area contributed by atoms with Gasteiger partial charge in [0.05, 0.1) is 28.9 Å². The number of carbonyl (C=O) groups excluding carboxylic acids is 1. The van der Waals surface area contributed by atoms with Crippen molar-refractivity contribution in [1.82, 2.24) is 29.2 Å². The Balaban J connectivity index is 1.48. The second-order valence-corrected chi connectivity index (χ2v) is 13.2. The number of hydrogen-bond donors (Lipinski definition) is 2. The first-order valence-corrected chi connectivity index (χ1v) is 16.3. The van der Waals surface area contributed by atoms with Crippen molar-refractivity contribution in [1.29, 1.82) is 0 Å². The molecule has 0 bridgehead atoms. The summed E-state index contributed by atoms with van der Waals surface area (Å²) >= 11 is 6.04. The Bertz CT molecular complexity index is 1920. The van der Waals surface area contributed by atoms with Crippen LogP contribution in [0.5, 0.6) is 0 Å². The molecule has 1 atom stereocenters. The summed E-state index contributed by atoms with van der Waals surface area (Å²) in [6, 6.07) is 8.32. The molecule has 2 N–H and O–H groups in total. The van der Waals surface area contributed by atoms with Crippen molar-refractivity contribution in [3.8, 4) is 0 Å². The van der Waals surface area contributed by atoms with E-state index in [9.17, 15) is 18.0 Å². The van der Waals surface area contributed by atoms with Crippen LogP contribution in [-0.4, -0.2) is 71.3 Å². The molecular weight excluding hydrogens is 606 g/mol. The molecular formula is C29H34ClN9O4S. The minimum Gasteiger partial charge on any atom is -0.377 e. The third-order valence-electron chi connectivity index (χ3n) is 7.36. The molecule has 0 unspecified atom stereocenters. The second-order valence-electron chi connectivity index (χ2n) is 11.0. The molecule has 5 rings (SSSR count). The van der Waals surface area contributed by atoms with Crippen LogP contribution in [0.2, 0.25) is 5.15 Å². The molecule has 0 saturated carbocycles. The maximum atomic E-state index is 13.7. The van der Waals surface area contributed by atoms with Crippen molar-refractivity contribution >= 4 is 55.9 Å². The smallest absolute Gasteiger partial charge is 0.285 e. The Morgan fingerprint density at radius 3 is 2.32 bits per heavy atom. The lowest BCUT2D eigenvalue weighted by molar-refractivity contribution is 0.0977. The number of amides is 1. The molecule has 15 heteroatoms. The number of anilines is 3.